The van der Waals surface area contributed by atoms with E-state index in [-0.39, 0.29) is 17.2 Å². The Kier molecular flexibility index (Phi) is 2.40. The fraction of sp³-hybridized carbons (Fsp3) is 0.500. The molecule has 1 amide bonds. The molecule has 0 unspecified atom stereocenters. The first-order valence-electron chi connectivity index (χ1n) is 6.92. The minimum atomic E-state index is -0.360. The summed E-state index contributed by atoms with van der Waals surface area (Å²) in [5.74, 6) is -0.319. The predicted molar refractivity (Wildman–Crippen MR) is 74.7 cm³/mol. The third-order valence-corrected chi connectivity index (χ3v) is 4.41. The third kappa shape index (κ3) is 1.50. The smallest absolute Gasteiger partial charge is 0.299 e. The van der Waals surface area contributed by atoms with E-state index >= 15 is 0 Å². The number of nitrogens with zero attached hydrogens (tertiary/aromatic N) is 1. The van der Waals surface area contributed by atoms with Gasteiger partial charge in [-0.1, -0.05) is 19.9 Å². The van der Waals surface area contributed by atoms with Gasteiger partial charge in [0, 0.05) is 5.54 Å². The Bertz CT molecular complexity index is 601. The zero-order valence-electron chi connectivity index (χ0n) is 11.9. The molecule has 0 bridgehead atoms. The molecular weight excluding hydrogens is 238 g/mol. The second kappa shape index (κ2) is 3.69. The molecule has 3 rings (SSSR count). The van der Waals surface area contributed by atoms with Gasteiger partial charge in [0.2, 0.25) is 0 Å². The van der Waals surface area contributed by atoms with Crippen LogP contribution in [0.5, 0.6) is 0 Å². The number of amides is 1. The highest BCUT2D eigenvalue weighted by Crippen LogP contribution is 2.48. The molecule has 0 radical (unpaired) electrons. The largest absolute Gasteiger partial charge is 0.299 e. The molecule has 0 aliphatic carbocycles. The SMILES string of the molecule is CCc1cc2c3c(c1)[C@H](C)CC(C)(C)N3C(=O)C2=O. The first-order chi connectivity index (χ1) is 8.86. The summed E-state index contributed by atoms with van der Waals surface area (Å²) < 4.78 is 0. The number of Topliss-reactive ketones (excluding diaryl/α,β-unsaturated/α-hetero) is 1. The summed E-state index contributed by atoms with van der Waals surface area (Å²) in [5.41, 5.74) is 3.50. The Morgan fingerprint density at radius 1 is 1.32 bits per heavy atom. The van der Waals surface area contributed by atoms with Crippen LogP contribution in [0.4, 0.5) is 5.69 Å². The van der Waals surface area contributed by atoms with Crippen molar-refractivity contribution in [1.82, 2.24) is 0 Å². The molecule has 3 nitrogen and oxygen atoms in total. The number of rotatable bonds is 1. The highest BCUT2D eigenvalue weighted by molar-refractivity contribution is 6.52. The van der Waals surface area contributed by atoms with E-state index in [2.05, 4.69) is 19.9 Å². The van der Waals surface area contributed by atoms with Crippen molar-refractivity contribution in [2.75, 3.05) is 4.90 Å². The van der Waals surface area contributed by atoms with E-state index < -0.39 is 0 Å². The standard InChI is InChI=1S/C16H19NO2/c1-5-10-6-11-9(2)8-16(3,4)17-13(11)12(7-10)14(18)15(17)19/h6-7,9H,5,8H2,1-4H3/t9-/m1/s1. The van der Waals surface area contributed by atoms with Crippen molar-refractivity contribution in [3.63, 3.8) is 0 Å². The van der Waals surface area contributed by atoms with Crippen LogP contribution < -0.4 is 4.90 Å². The molecule has 100 valence electrons. The van der Waals surface area contributed by atoms with Crippen LogP contribution in [-0.4, -0.2) is 17.2 Å². The molecular formula is C16H19NO2. The molecule has 0 saturated heterocycles. The van der Waals surface area contributed by atoms with Crippen molar-refractivity contribution in [1.29, 1.82) is 0 Å². The lowest BCUT2D eigenvalue weighted by molar-refractivity contribution is -0.115. The average molecular weight is 257 g/mol. The van der Waals surface area contributed by atoms with Gasteiger partial charge in [-0.15, -0.1) is 0 Å². The highest BCUT2D eigenvalue weighted by Gasteiger charge is 2.48. The van der Waals surface area contributed by atoms with Gasteiger partial charge in [-0.2, -0.15) is 0 Å². The number of aryl methyl sites for hydroxylation is 1. The fourth-order valence-corrected chi connectivity index (χ4v) is 3.57. The zero-order valence-corrected chi connectivity index (χ0v) is 11.9. The monoisotopic (exact) mass is 257 g/mol. The molecule has 0 saturated carbocycles. The summed E-state index contributed by atoms with van der Waals surface area (Å²) in [6.07, 6.45) is 1.78. The molecule has 2 heterocycles. The molecule has 1 aromatic rings. The quantitative estimate of drug-likeness (QED) is 0.725. The van der Waals surface area contributed by atoms with E-state index in [0.717, 1.165) is 29.7 Å². The predicted octanol–water partition coefficient (Wildman–Crippen LogP) is 3.06. The maximum atomic E-state index is 12.3. The highest BCUT2D eigenvalue weighted by atomic mass is 16.2. The van der Waals surface area contributed by atoms with Gasteiger partial charge < -0.3 is 0 Å². The van der Waals surface area contributed by atoms with Gasteiger partial charge in [0.15, 0.2) is 0 Å². The topological polar surface area (TPSA) is 37.4 Å². The van der Waals surface area contributed by atoms with Crippen LogP contribution >= 0.6 is 0 Å². The first kappa shape index (κ1) is 12.4. The molecule has 1 atom stereocenters. The molecule has 19 heavy (non-hydrogen) atoms. The lowest BCUT2D eigenvalue weighted by Gasteiger charge is -2.43. The minimum Gasteiger partial charge on any atom is -0.299 e. The average Bonchev–Trinajstić information content (AvgIpc) is 2.60. The van der Waals surface area contributed by atoms with Crippen molar-refractivity contribution >= 4 is 17.4 Å². The molecule has 1 aromatic carbocycles. The summed E-state index contributed by atoms with van der Waals surface area (Å²) in [6, 6.07) is 4.06. The van der Waals surface area contributed by atoms with E-state index in [4.69, 9.17) is 0 Å². The van der Waals surface area contributed by atoms with Gasteiger partial charge in [0.05, 0.1) is 11.3 Å². The van der Waals surface area contributed by atoms with Crippen molar-refractivity contribution in [2.45, 2.75) is 52.0 Å². The van der Waals surface area contributed by atoms with Crippen LogP contribution in [0.2, 0.25) is 0 Å². The van der Waals surface area contributed by atoms with Crippen LogP contribution in [0.15, 0.2) is 12.1 Å². The van der Waals surface area contributed by atoms with Crippen molar-refractivity contribution in [3.05, 3.63) is 28.8 Å². The summed E-state index contributed by atoms with van der Waals surface area (Å²) in [4.78, 5) is 26.2. The first-order valence-corrected chi connectivity index (χ1v) is 6.92. The van der Waals surface area contributed by atoms with Crippen LogP contribution in [0.3, 0.4) is 0 Å². The molecule has 2 aliphatic heterocycles. The van der Waals surface area contributed by atoms with Gasteiger partial charge in [-0.25, -0.2) is 0 Å². The zero-order chi connectivity index (χ0) is 13.9. The van der Waals surface area contributed by atoms with Crippen molar-refractivity contribution < 1.29 is 9.59 Å². The van der Waals surface area contributed by atoms with Crippen LogP contribution in [0, 0.1) is 0 Å². The maximum absolute atomic E-state index is 12.3. The van der Waals surface area contributed by atoms with Crippen LogP contribution in [0.25, 0.3) is 0 Å². The van der Waals surface area contributed by atoms with Gasteiger partial charge in [-0.05, 0) is 49.8 Å². The maximum Gasteiger partial charge on any atom is 0.299 e. The molecule has 0 fully saturated rings. The van der Waals surface area contributed by atoms with Crippen molar-refractivity contribution in [3.8, 4) is 0 Å². The molecule has 0 spiro atoms. The summed E-state index contributed by atoms with van der Waals surface area (Å²) >= 11 is 0. The number of hydrogen-bond donors (Lipinski definition) is 0. The molecule has 0 N–H and O–H groups in total. The van der Waals surface area contributed by atoms with Gasteiger partial charge in [0.1, 0.15) is 0 Å². The van der Waals surface area contributed by atoms with E-state index in [1.165, 1.54) is 0 Å². The Morgan fingerprint density at radius 2 is 2.00 bits per heavy atom. The van der Waals surface area contributed by atoms with Gasteiger partial charge in [-0.3, -0.25) is 14.5 Å². The normalized spacial score (nSPS) is 23.8. The minimum absolute atomic E-state index is 0.280. The second-order valence-electron chi connectivity index (χ2n) is 6.32. The lowest BCUT2D eigenvalue weighted by atomic mass is 9.79. The van der Waals surface area contributed by atoms with Gasteiger partial charge in [0.25, 0.3) is 11.7 Å². The van der Waals surface area contributed by atoms with E-state index in [9.17, 15) is 9.59 Å². The number of carbonyl (C=O) groups excluding carboxylic acids is 2. The Balaban J connectivity index is 2.33. The molecule has 3 heteroatoms. The van der Waals surface area contributed by atoms with Crippen LogP contribution in [0.1, 0.15) is 61.5 Å². The summed E-state index contributed by atoms with van der Waals surface area (Å²) in [5, 5.41) is 0. The number of benzene rings is 1. The van der Waals surface area contributed by atoms with Gasteiger partial charge >= 0.3 is 0 Å². The van der Waals surface area contributed by atoms with Crippen LogP contribution in [-0.2, 0) is 11.2 Å². The number of hydrogen-bond acceptors (Lipinski definition) is 2. The Labute approximate surface area is 113 Å². The number of carbonyl (C=O) groups is 2. The Morgan fingerprint density at radius 3 is 2.63 bits per heavy atom. The third-order valence-electron chi connectivity index (χ3n) is 4.41. The van der Waals surface area contributed by atoms with E-state index in [1.807, 2.05) is 19.9 Å². The van der Waals surface area contributed by atoms with E-state index in [1.54, 1.807) is 4.90 Å². The molecule has 2 aliphatic rings. The summed E-state index contributed by atoms with van der Waals surface area (Å²) in [7, 11) is 0. The number of anilines is 1. The lowest BCUT2D eigenvalue weighted by Crippen LogP contribution is -2.50. The summed E-state index contributed by atoms with van der Waals surface area (Å²) in [6.45, 7) is 8.34. The van der Waals surface area contributed by atoms with E-state index in [0.29, 0.717) is 11.5 Å². The molecule has 0 aromatic heterocycles. The number of ketones is 1. The Hall–Kier alpha value is -1.64. The fourth-order valence-electron chi connectivity index (χ4n) is 3.57. The second-order valence-corrected chi connectivity index (χ2v) is 6.32. The van der Waals surface area contributed by atoms with Crippen molar-refractivity contribution in [2.24, 2.45) is 0 Å².